The molecule has 0 amide bonds. The monoisotopic (exact) mass is 289 g/mol. The molecule has 0 aliphatic carbocycles. The van der Waals surface area contributed by atoms with Gasteiger partial charge < -0.3 is 20.1 Å². The Kier molecular flexibility index (Phi) is 3.66. The summed E-state index contributed by atoms with van der Waals surface area (Å²) in [7, 11) is 0. The third-order valence-corrected chi connectivity index (χ3v) is 4.35. The van der Waals surface area contributed by atoms with E-state index in [9.17, 15) is 0 Å². The van der Waals surface area contributed by atoms with E-state index in [0.717, 1.165) is 43.9 Å². The molecule has 1 aromatic rings. The molecule has 0 radical (unpaired) electrons. The Hall–Kier alpha value is -1.91. The van der Waals surface area contributed by atoms with Crippen molar-refractivity contribution in [2.75, 3.05) is 19.9 Å². The number of nitrogens with zero attached hydrogens (tertiary/aromatic N) is 2. The molecular formula is C16H23N3O2. The number of nitrogens with two attached hydrogens (primary N) is 1. The van der Waals surface area contributed by atoms with Gasteiger partial charge in [0.25, 0.3) is 0 Å². The van der Waals surface area contributed by atoms with E-state index in [0.29, 0.717) is 12.8 Å². The number of benzene rings is 1. The summed E-state index contributed by atoms with van der Waals surface area (Å²) in [6, 6.07) is 6.18. The van der Waals surface area contributed by atoms with Crippen molar-refractivity contribution in [3.05, 3.63) is 23.8 Å². The lowest BCUT2D eigenvalue weighted by atomic mass is 9.92. The predicted molar refractivity (Wildman–Crippen MR) is 82.8 cm³/mol. The summed E-state index contributed by atoms with van der Waals surface area (Å²) >= 11 is 0. The Morgan fingerprint density at radius 3 is 2.95 bits per heavy atom. The van der Waals surface area contributed by atoms with Crippen molar-refractivity contribution < 1.29 is 9.47 Å². The van der Waals surface area contributed by atoms with Crippen molar-refractivity contribution in [1.82, 2.24) is 4.90 Å². The summed E-state index contributed by atoms with van der Waals surface area (Å²) < 4.78 is 10.8. The van der Waals surface area contributed by atoms with Gasteiger partial charge in [0.15, 0.2) is 17.5 Å². The van der Waals surface area contributed by atoms with Crippen LogP contribution >= 0.6 is 0 Å². The SMILES string of the molecule is CCCN1C(N)=NCC1(C)CCc1ccc2c(c1)OCO2. The highest BCUT2D eigenvalue weighted by atomic mass is 16.7. The minimum atomic E-state index is 0.0243. The molecule has 0 spiro atoms. The molecule has 21 heavy (non-hydrogen) atoms. The molecule has 0 saturated heterocycles. The van der Waals surface area contributed by atoms with Crippen LogP contribution in [0.15, 0.2) is 23.2 Å². The first kappa shape index (κ1) is 14.0. The number of aryl methyl sites for hydroxylation is 1. The van der Waals surface area contributed by atoms with E-state index in [1.54, 1.807) is 0 Å². The van der Waals surface area contributed by atoms with Crippen LogP contribution in [0.4, 0.5) is 0 Å². The largest absolute Gasteiger partial charge is 0.454 e. The van der Waals surface area contributed by atoms with Crippen molar-refractivity contribution in [2.24, 2.45) is 10.7 Å². The minimum absolute atomic E-state index is 0.0243. The smallest absolute Gasteiger partial charge is 0.231 e. The van der Waals surface area contributed by atoms with E-state index < -0.39 is 0 Å². The summed E-state index contributed by atoms with van der Waals surface area (Å²) in [5.74, 6) is 2.38. The van der Waals surface area contributed by atoms with E-state index >= 15 is 0 Å². The Morgan fingerprint density at radius 2 is 2.14 bits per heavy atom. The van der Waals surface area contributed by atoms with Crippen molar-refractivity contribution >= 4 is 5.96 Å². The van der Waals surface area contributed by atoms with Crippen LogP contribution in [0.5, 0.6) is 11.5 Å². The molecule has 114 valence electrons. The zero-order chi connectivity index (χ0) is 14.9. The van der Waals surface area contributed by atoms with Gasteiger partial charge in [-0.25, -0.2) is 0 Å². The fourth-order valence-corrected chi connectivity index (χ4v) is 3.03. The number of aliphatic imine (C=N–C) groups is 1. The number of hydrogen-bond donors (Lipinski definition) is 1. The van der Waals surface area contributed by atoms with Gasteiger partial charge in [0, 0.05) is 6.54 Å². The van der Waals surface area contributed by atoms with Crippen molar-refractivity contribution in [2.45, 2.75) is 38.6 Å². The number of guanidine groups is 1. The molecule has 2 aliphatic heterocycles. The summed E-state index contributed by atoms with van der Waals surface area (Å²) in [6.07, 6.45) is 3.09. The lowest BCUT2D eigenvalue weighted by Crippen LogP contribution is -2.50. The third kappa shape index (κ3) is 2.64. The van der Waals surface area contributed by atoms with Crippen LogP contribution in [0.2, 0.25) is 0 Å². The summed E-state index contributed by atoms with van der Waals surface area (Å²) in [4.78, 5) is 6.69. The number of ether oxygens (including phenoxy) is 2. The van der Waals surface area contributed by atoms with E-state index in [-0.39, 0.29) is 5.54 Å². The van der Waals surface area contributed by atoms with Crippen LogP contribution in [0, 0.1) is 0 Å². The highest BCUT2D eigenvalue weighted by Gasteiger charge is 2.36. The first-order valence-corrected chi connectivity index (χ1v) is 7.58. The predicted octanol–water partition coefficient (Wildman–Crippen LogP) is 2.15. The Balaban J connectivity index is 1.67. The van der Waals surface area contributed by atoms with Crippen molar-refractivity contribution in [3.63, 3.8) is 0 Å². The second kappa shape index (κ2) is 5.47. The average Bonchev–Trinajstić information content (AvgIpc) is 3.05. The van der Waals surface area contributed by atoms with Crippen LogP contribution in [-0.4, -0.2) is 36.3 Å². The second-order valence-electron chi connectivity index (χ2n) is 6.01. The maximum absolute atomic E-state index is 6.02. The number of fused-ring (bicyclic) bond motifs is 1. The highest BCUT2D eigenvalue weighted by Crippen LogP contribution is 2.34. The Labute approximate surface area is 125 Å². The number of hydrogen-bond acceptors (Lipinski definition) is 5. The Morgan fingerprint density at radius 1 is 1.33 bits per heavy atom. The van der Waals surface area contributed by atoms with Crippen molar-refractivity contribution in [3.8, 4) is 11.5 Å². The molecule has 0 aromatic heterocycles. The van der Waals surface area contributed by atoms with Gasteiger partial charge in [-0.05, 0) is 43.9 Å². The van der Waals surface area contributed by atoms with Gasteiger partial charge in [-0.1, -0.05) is 13.0 Å². The normalized spacial score (nSPS) is 23.5. The maximum Gasteiger partial charge on any atom is 0.231 e. The fourth-order valence-electron chi connectivity index (χ4n) is 3.03. The molecule has 2 aliphatic rings. The topological polar surface area (TPSA) is 60.1 Å². The van der Waals surface area contributed by atoms with E-state index in [2.05, 4.69) is 35.9 Å². The molecule has 0 bridgehead atoms. The molecule has 5 nitrogen and oxygen atoms in total. The molecule has 2 N–H and O–H groups in total. The van der Waals surface area contributed by atoms with E-state index in [4.69, 9.17) is 15.2 Å². The zero-order valence-corrected chi connectivity index (χ0v) is 12.8. The van der Waals surface area contributed by atoms with Crippen LogP contribution < -0.4 is 15.2 Å². The van der Waals surface area contributed by atoms with Crippen LogP contribution in [0.3, 0.4) is 0 Å². The highest BCUT2D eigenvalue weighted by molar-refractivity contribution is 5.80. The van der Waals surface area contributed by atoms with Gasteiger partial charge in [-0.2, -0.15) is 0 Å². The van der Waals surface area contributed by atoms with Crippen molar-refractivity contribution in [1.29, 1.82) is 0 Å². The first-order chi connectivity index (χ1) is 10.1. The quantitative estimate of drug-likeness (QED) is 0.902. The van der Waals surface area contributed by atoms with Crippen LogP contribution in [0.25, 0.3) is 0 Å². The lowest BCUT2D eigenvalue weighted by molar-refractivity contribution is 0.174. The van der Waals surface area contributed by atoms with Gasteiger partial charge in [0.2, 0.25) is 6.79 Å². The molecule has 1 unspecified atom stereocenters. The molecule has 1 aromatic carbocycles. The first-order valence-electron chi connectivity index (χ1n) is 7.58. The van der Waals surface area contributed by atoms with Crippen LogP contribution in [0.1, 0.15) is 32.3 Å². The summed E-state index contributed by atoms with van der Waals surface area (Å²) in [5, 5.41) is 0. The molecule has 3 rings (SSSR count). The third-order valence-electron chi connectivity index (χ3n) is 4.35. The fraction of sp³-hybridized carbons (Fsp3) is 0.562. The number of rotatable bonds is 5. The van der Waals surface area contributed by atoms with Gasteiger partial charge in [-0.3, -0.25) is 4.99 Å². The minimum Gasteiger partial charge on any atom is -0.454 e. The Bertz CT molecular complexity index is 558. The second-order valence-corrected chi connectivity index (χ2v) is 6.01. The van der Waals surface area contributed by atoms with Gasteiger partial charge in [0.1, 0.15) is 0 Å². The maximum atomic E-state index is 6.02. The van der Waals surface area contributed by atoms with E-state index in [1.807, 2.05) is 6.07 Å². The molecule has 0 saturated carbocycles. The average molecular weight is 289 g/mol. The van der Waals surface area contributed by atoms with E-state index in [1.165, 1.54) is 5.56 Å². The molecule has 0 fully saturated rings. The van der Waals surface area contributed by atoms with Crippen LogP contribution in [-0.2, 0) is 6.42 Å². The van der Waals surface area contributed by atoms with Gasteiger partial charge >= 0.3 is 0 Å². The zero-order valence-electron chi connectivity index (χ0n) is 12.8. The van der Waals surface area contributed by atoms with Gasteiger partial charge in [-0.15, -0.1) is 0 Å². The lowest BCUT2D eigenvalue weighted by Gasteiger charge is -2.36. The molecular weight excluding hydrogens is 266 g/mol. The summed E-state index contributed by atoms with van der Waals surface area (Å²) in [5.41, 5.74) is 7.31. The summed E-state index contributed by atoms with van der Waals surface area (Å²) in [6.45, 7) is 6.49. The van der Waals surface area contributed by atoms with Gasteiger partial charge in [0.05, 0.1) is 12.1 Å². The molecule has 1 atom stereocenters. The standard InChI is InChI=1S/C16H23N3O2/c1-3-8-19-15(17)18-10-16(19,2)7-6-12-4-5-13-14(9-12)21-11-20-13/h4-5,9H,3,6-8,10-11H2,1-2H3,(H2,17,18). The molecule has 2 heterocycles. The molecule has 5 heteroatoms.